The number of furan rings is 1. The predicted octanol–water partition coefficient (Wildman–Crippen LogP) is 16.0. The molecule has 11 aromatic carbocycles. The van der Waals surface area contributed by atoms with Crippen LogP contribution in [0.3, 0.4) is 0 Å². The SMILES string of the molecule is c1ccc(-c2ccc3c4c(c5ccccc5c3c2-c2c3ccccc3c(-c3ccc5oc6ccccc6c5c3)c3ccccc23)-c2cccc3cccc-4c23)cc1. The lowest BCUT2D eigenvalue weighted by atomic mass is 9.79. The fourth-order valence-electron chi connectivity index (χ4n) is 10.3. The second-order valence-corrected chi connectivity index (χ2v) is 15.4. The van der Waals surface area contributed by atoms with Crippen LogP contribution in [-0.2, 0) is 0 Å². The molecule has 0 aliphatic heterocycles. The van der Waals surface area contributed by atoms with Crippen molar-refractivity contribution in [1.29, 1.82) is 0 Å². The van der Waals surface area contributed by atoms with E-state index in [0.717, 1.165) is 21.9 Å². The summed E-state index contributed by atoms with van der Waals surface area (Å²) >= 11 is 0. The lowest BCUT2D eigenvalue weighted by Gasteiger charge is -2.23. The van der Waals surface area contributed by atoms with Crippen molar-refractivity contribution in [3.8, 4) is 55.6 Å². The topological polar surface area (TPSA) is 13.1 Å². The van der Waals surface area contributed by atoms with Crippen LogP contribution in [0, 0.1) is 0 Å². The van der Waals surface area contributed by atoms with E-state index in [1.54, 1.807) is 0 Å². The van der Waals surface area contributed by atoms with Crippen LogP contribution in [0.1, 0.15) is 0 Å². The number of hydrogen-bond donors (Lipinski definition) is 0. The lowest BCUT2D eigenvalue weighted by Crippen LogP contribution is -1.96. The zero-order valence-corrected chi connectivity index (χ0v) is 30.9. The Morgan fingerprint density at radius 3 is 1.47 bits per heavy atom. The van der Waals surface area contributed by atoms with Gasteiger partial charge in [0.2, 0.25) is 0 Å². The molecule has 0 bridgehead atoms. The predicted molar refractivity (Wildman–Crippen MR) is 242 cm³/mol. The van der Waals surface area contributed by atoms with Crippen LogP contribution < -0.4 is 0 Å². The van der Waals surface area contributed by atoms with E-state index in [0.29, 0.717) is 0 Å². The van der Waals surface area contributed by atoms with E-state index in [2.05, 4.69) is 188 Å². The van der Waals surface area contributed by atoms with Crippen molar-refractivity contribution in [1.82, 2.24) is 0 Å². The Hall–Kier alpha value is -7.48. The summed E-state index contributed by atoms with van der Waals surface area (Å²) in [5.41, 5.74) is 14.6. The van der Waals surface area contributed by atoms with Crippen molar-refractivity contribution < 1.29 is 4.42 Å². The zero-order chi connectivity index (χ0) is 37.2. The minimum Gasteiger partial charge on any atom is -0.456 e. The Labute approximate surface area is 328 Å². The number of hydrogen-bond acceptors (Lipinski definition) is 1. The lowest BCUT2D eigenvalue weighted by molar-refractivity contribution is 0.669. The molecule has 0 saturated heterocycles. The van der Waals surface area contributed by atoms with Crippen molar-refractivity contribution in [2.75, 3.05) is 0 Å². The van der Waals surface area contributed by atoms with Crippen molar-refractivity contribution in [3.63, 3.8) is 0 Å². The van der Waals surface area contributed by atoms with Gasteiger partial charge in [0, 0.05) is 10.8 Å². The first-order valence-corrected chi connectivity index (χ1v) is 19.8. The summed E-state index contributed by atoms with van der Waals surface area (Å²) in [7, 11) is 0. The van der Waals surface area contributed by atoms with E-state index in [1.807, 2.05) is 6.07 Å². The van der Waals surface area contributed by atoms with Crippen molar-refractivity contribution in [2.45, 2.75) is 0 Å². The summed E-state index contributed by atoms with van der Waals surface area (Å²) in [4.78, 5) is 0. The maximum Gasteiger partial charge on any atom is 0.135 e. The van der Waals surface area contributed by atoms with E-state index in [-0.39, 0.29) is 0 Å². The third kappa shape index (κ3) is 4.18. The molecular formula is C56H32O. The third-order valence-corrected chi connectivity index (χ3v) is 12.6. The molecule has 0 spiro atoms. The van der Waals surface area contributed by atoms with Gasteiger partial charge in [-0.3, -0.25) is 0 Å². The Bertz CT molecular complexity index is 3620. The van der Waals surface area contributed by atoms with Crippen LogP contribution >= 0.6 is 0 Å². The van der Waals surface area contributed by atoms with Gasteiger partial charge < -0.3 is 4.42 Å². The van der Waals surface area contributed by atoms with Crippen molar-refractivity contribution in [2.24, 2.45) is 0 Å². The van der Waals surface area contributed by atoms with Crippen LogP contribution in [0.2, 0.25) is 0 Å². The highest BCUT2D eigenvalue weighted by Crippen LogP contribution is 2.57. The van der Waals surface area contributed by atoms with Gasteiger partial charge in [-0.05, 0) is 128 Å². The van der Waals surface area contributed by atoms with Gasteiger partial charge >= 0.3 is 0 Å². The first-order valence-electron chi connectivity index (χ1n) is 19.8. The van der Waals surface area contributed by atoms with Gasteiger partial charge in [0.1, 0.15) is 11.2 Å². The molecule has 1 aliphatic carbocycles. The van der Waals surface area contributed by atoms with Crippen LogP contribution in [0.4, 0.5) is 0 Å². The van der Waals surface area contributed by atoms with Gasteiger partial charge in [-0.15, -0.1) is 0 Å². The van der Waals surface area contributed by atoms with E-state index in [9.17, 15) is 0 Å². The molecule has 13 rings (SSSR count). The van der Waals surface area contributed by atoms with Gasteiger partial charge in [0.05, 0.1) is 0 Å². The highest BCUT2D eigenvalue weighted by molar-refractivity contribution is 6.35. The maximum atomic E-state index is 6.30. The first kappa shape index (κ1) is 30.8. The maximum absolute atomic E-state index is 6.30. The number of benzene rings is 11. The highest BCUT2D eigenvalue weighted by Gasteiger charge is 2.29. The minimum absolute atomic E-state index is 0.908. The molecule has 1 aliphatic rings. The Morgan fingerprint density at radius 2 is 0.789 bits per heavy atom. The number of fused-ring (bicyclic) bond motifs is 13. The minimum atomic E-state index is 0.908. The van der Waals surface area contributed by atoms with Gasteiger partial charge in [0.15, 0.2) is 0 Å². The molecule has 1 aromatic heterocycles. The molecule has 0 radical (unpaired) electrons. The summed E-state index contributed by atoms with van der Waals surface area (Å²) in [6.45, 7) is 0. The summed E-state index contributed by atoms with van der Waals surface area (Å²) in [5, 5.41) is 15.0. The molecule has 1 heteroatoms. The normalized spacial score (nSPS) is 12.2. The van der Waals surface area contributed by atoms with Gasteiger partial charge in [0.25, 0.3) is 0 Å². The standard InChI is InChI=1S/C56H32O/c1-2-14-33(15-3-1)36-29-30-46-54(43-24-9-8-23-42(43)53-44-25-12-16-34-17-13-26-45(50(34)44)55(46)53)56(36)52-40-21-6-4-19-38(40)51(39-20-5-7-22-41(39)52)35-28-31-49-47(32-35)37-18-10-11-27-48(37)57-49/h1-32H. The summed E-state index contributed by atoms with van der Waals surface area (Å²) in [6.07, 6.45) is 0. The first-order chi connectivity index (χ1) is 28.3. The zero-order valence-electron chi connectivity index (χ0n) is 30.9. The van der Waals surface area contributed by atoms with Gasteiger partial charge in [-0.25, -0.2) is 0 Å². The van der Waals surface area contributed by atoms with Crippen molar-refractivity contribution >= 4 is 75.8 Å². The molecule has 0 amide bonds. The van der Waals surface area contributed by atoms with Gasteiger partial charge in [-0.2, -0.15) is 0 Å². The molecule has 0 unspecified atom stereocenters. The van der Waals surface area contributed by atoms with E-state index in [4.69, 9.17) is 4.42 Å². The second-order valence-electron chi connectivity index (χ2n) is 15.4. The average Bonchev–Trinajstić information content (AvgIpc) is 3.82. The number of para-hydroxylation sites is 1. The average molecular weight is 721 g/mol. The molecule has 1 nitrogen and oxygen atoms in total. The van der Waals surface area contributed by atoms with E-state index < -0.39 is 0 Å². The fraction of sp³-hybridized carbons (Fsp3) is 0. The molecule has 1 heterocycles. The summed E-state index contributed by atoms with van der Waals surface area (Å²) in [5.74, 6) is 0. The largest absolute Gasteiger partial charge is 0.456 e. The summed E-state index contributed by atoms with van der Waals surface area (Å²) < 4.78 is 6.30. The van der Waals surface area contributed by atoms with Crippen LogP contribution in [-0.4, -0.2) is 0 Å². The Kier molecular flexibility index (Phi) is 6.23. The smallest absolute Gasteiger partial charge is 0.135 e. The fourth-order valence-corrected chi connectivity index (χ4v) is 10.3. The van der Waals surface area contributed by atoms with Crippen molar-refractivity contribution in [3.05, 3.63) is 194 Å². The highest BCUT2D eigenvalue weighted by atomic mass is 16.3. The van der Waals surface area contributed by atoms with Crippen LogP contribution in [0.15, 0.2) is 199 Å². The quantitative estimate of drug-likeness (QED) is 0.131. The van der Waals surface area contributed by atoms with Gasteiger partial charge in [-0.1, -0.05) is 176 Å². The van der Waals surface area contributed by atoms with E-state index in [1.165, 1.54) is 109 Å². The Morgan fingerprint density at radius 1 is 0.246 bits per heavy atom. The molecule has 0 N–H and O–H groups in total. The molecular weight excluding hydrogens is 689 g/mol. The molecule has 12 aromatic rings. The molecule has 262 valence electrons. The van der Waals surface area contributed by atoms with Crippen LogP contribution in [0.5, 0.6) is 0 Å². The third-order valence-electron chi connectivity index (χ3n) is 12.6. The monoisotopic (exact) mass is 720 g/mol. The molecule has 0 saturated carbocycles. The number of rotatable bonds is 3. The molecule has 57 heavy (non-hydrogen) atoms. The second kappa shape index (κ2) is 11.5. The Balaban J connectivity index is 1.23. The van der Waals surface area contributed by atoms with E-state index >= 15 is 0 Å². The summed E-state index contributed by atoms with van der Waals surface area (Å²) in [6, 6.07) is 71.6. The molecule has 0 fully saturated rings. The van der Waals surface area contributed by atoms with Crippen LogP contribution in [0.25, 0.3) is 131 Å². The molecule has 0 atom stereocenters.